The van der Waals surface area contributed by atoms with Crippen LogP contribution in [-0.2, 0) is 26.2 Å². The third-order valence-electron chi connectivity index (χ3n) is 6.77. The van der Waals surface area contributed by atoms with E-state index < -0.39 is 34.3 Å². The van der Waals surface area contributed by atoms with Crippen molar-refractivity contribution in [2.75, 3.05) is 25.1 Å². The summed E-state index contributed by atoms with van der Waals surface area (Å²) >= 11 is 3.39. The Morgan fingerprint density at radius 2 is 1.57 bits per heavy atom. The number of amides is 2. The maximum Gasteiger partial charge on any atom is 0.264 e. The molecule has 0 unspecified atom stereocenters. The lowest BCUT2D eigenvalue weighted by Crippen LogP contribution is -2.52. The number of halogens is 2. The Kier molecular flexibility index (Phi) is 11.3. The standard InChI is InChI=1S/C30H35BrFN3O6S/c1-6-20(2)33-30(37)21(3)34(18-22-7-9-23(31)10-8-22)29(36)19-35(25-13-11-24(32)12-14-25)42(38,39)26-15-16-27(40-4)28(17-26)41-5/h7-17,20-21H,6,18-19H2,1-5H3,(H,33,37)/t20-,21+/m0/s1. The highest BCUT2D eigenvalue weighted by Crippen LogP contribution is 2.32. The average molecular weight is 665 g/mol. The molecule has 226 valence electrons. The second-order valence-electron chi connectivity index (χ2n) is 9.65. The van der Waals surface area contributed by atoms with E-state index in [4.69, 9.17) is 9.47 Å². The van der Waals surface area contributed by atoms with Crippen molar-refractivity contribution in [1.82, 2.24) is 10.2 Å². The Balaban J connectivity index is 2.06. The Labute approximate surface area is 254 Å². The number of hydrogen-bond donors (Lipinski definition) is 1. The van der Waals surface area contributed by atoms with Crippen molar-refractivity contribution in [2.24, 2.45) is 0 Å². The maximum atomic E-state index is 14.0. The molecule has 2 amide bonds. The summed E-state index contributed by atoms with van der Waals surface area (Å²) in [4.78, 5) is 28.3. The van der Waals surface area contributed by atoms with Gasteiger partial charge in [0.15, 0.2) is 11.5 Å². The van der Waals surface area contributed by atoms with Gasteiger partial charge < -0.3 is 19.7 Å². The van der Waals surface area contributed by atoms with E-state index in [9.17, 15) is 22.4 Å². The van der Waals surface area contributed by atoms with Gasteiger partial charge in [0.1, 0.15) is 18.4 Å². The molecule has 0 heterocycles. The number of anilines is 1. The van der Waals surface area contributed by atoms with E-state index in [0.717, 1.165) is 26.5 Å². The van der Waals surface area contributed by atoms with Crippen molar-refractivity contribution >= 4 is 43.5 Å². The topological polar surface area (TPSA) is 105 Å². The van der Waals surface area contributed by atoms with Crippen molar-refractivity contribution in [3.63, 3.8) is 0 Å². The molecule has 0 aliphatic carbocycles. The number of benzene rings is 3. The molecular formula is C30H35BrFN3O6S. The molecule has 0 bridgehead atoms. The molecular weight excluding hydrogens is 629 g/mol. The first-order valence-electron chi connectivity index (χ1n) is 13.3. The Hall–Kier alpha value is -3.64. The third kappa shape index (κ3) is 8.01. The molecule has 12 heteroatoms. The SMILES string of the molecule is CC[C@H](C)NC(=O)[C@@H](C)N(Cc1ccc(Br)cc1)C(=O)CN(c1ccc(F)cc1)S(=O)(=O)c1ccc(OC)c(OC)c1. The van der Waals surface area contributed by atoms with Gasteiger partial charge in [0.25, 0.3) is 10.0 Å². The summed E-state index contributed by atoms with van der Waals surface area (Å²) in [7, 11) is -1.58. The zero-order valence-corrected chi connectivity index (χ0v) is 26.5. The monoisotopic (exact) mass is 663 g/mol. The zero-order chi connectivity index (χ0) is 31.0. The van der Waals surface area contributed by atoms with Crippen LogP contribution in [0, 0.1) is 5.82 Å². The normalized spacial score (nSPS) is 12.6. The quantitative estimate of drug-likeness (QED) is 0.272. The summed E-state index contributed by atoms with van der Waals surface area (Å²) in [5, 5.41) is 2.89. The molecule has 0 fully saturated rings. The van der Waals surface area contributed by atoms with Gasteiger partial charge in [0, 0.05) is 23.1 Å². The highest BCUT2D eigenvalue weighted by molar-refractivity contribution is 9.10. The number of sulfonamides is 1. The number of carbonyl (C=O) groups excluding carboxylic acids is 2. The minimum absolute atomic E-state index is 0.0505. The van der Waals surface area contributed by atoms with E-state index in [0.29, 0.717) is 12.2 Å². The number of nitrogens with zero attached hydrogens (tertiary/aromatic N) is 2. The first kappa shape index (κ1) is 32.9. The van der Waals surface area contributed by atoms with Crippen molar-refractivity contribution in [1.29, 1.82) is 0 Å². The fourth-order valence-corrected chi connectivity index (χ4v) is 5.77. The van der Waals surface area contributed by atoms with Crippen molar-refractivity contribution in [3.05, 3.63) is 82.6 Å². The third-order valence-corrected chi connectivity index (χ3v) is 9.07. The van der Waals surface area contributed by atoms with Gasteiger partial charge in [-0.05, 0) is 74.4 Å². The number of methoxy groups -OCH3 is 2. The summed E-state index contributed by atoms with van der Waals surface area (Å²) in [5.41, 5.74) is 0.811. The van der Waals surface area contributed by atoms with E-state index in [2.05, 4.69) is 21.2 Å². The van der Waals surface area contributed by atoms with Gasteiger partial charge in [-0.2, -0.15) is 0 Å². The smallest absolute Gasteiger partial charge is 0.264 e. The van der Waals surface area contributed by atoms with Crippen LogP contribution in [0.3, 0.4) is 0 Å². The molecule has 1 N–H and O–H groups in total. The van der Waals surface area contributed by atoms with E-state index in [-0.39, 0.29) is 34.8 Å². The van der Waals surface area contributed by atoms with Crippen LogP contribution in [0.15, 0.2) is 76.1 Å². The number of ether oxygens (including phenoxy) is 2. The van der Waals surface area contributed by atoms with Crippen molar-refractivity contribution in [2.45, 2.75) is 50.7 Å². The molecule has 0 aromatic heterocycles. The molecule has 0 radical (unpaired) electrons. The maximum absolute atomic E-state index is 14.0. The molecule has 9 nitrogen and oxygen atoms in total. The van der Waals surface area contributed by atoms with E-state index in [1.165, 1.54) is 49.5 Å². The molecule has 0 aliphatic rings. The Morgan fingerprint density at radius 3 is 2.14 bits per heavy atom. The lowest BCUT2D eigenvalue weighted by atomic mass is 10.1. The second-order valence-corrected chi connectivity index (χ2v) is 12.4. The first-order valence-corrected chi connectivity index (χ1v) is 15.5. The van der Waals surface area contributed by atoms with Crippen LogP contribution in [0.5, 0.6) is 11.5 Å². The molecule has 0 saturated carbocycles. The van der Waals surface area contributed by atoms with Crippen LogP contribution in [0.4, 0.5) is 10.1 Å². The number of hydrogen-bond acceptors (Lipinski definition) is 6. The van der Waals surface area contributed by atoms with Gasteiger partial charge in [-0.15, -0.1) is 0 Å². The van der Waals surface area contributed by atoms with E-state index in [1.807, 2.05) is 38.1 Å². The van der Waals surface area contributed by atoms with Crippen molar-refractivity contribution in [3.8, 4) is 11.5 Å². The predicted octanol–water partition coefficient (Wildman–Crippen LogP) is 5.13. The first-order chi connectivity index (χ1) is 19.9. The van der Waals surface area contributed by atoms with E-state index in [1.54, 1.807) is 6.92 Å². The van der Waals surface area contributed by atoms with Gasteiger partial charge in [0.05, 0.1) is 24.8 Å². The summed E-state index contributed by atoms with van der Waals surface area (Å²) in [6.07, 6.45) is 0.695. The van der Waals surface area contributed by atoms with Crippen LogP contribution in [-0.4, -0.2) is 58.0 Å². The lowest BCUT2D eigenvalue weighted by molar-refractivity contribution is -0.139. The zero-order valence-electron chi connectivity index (χ0n) is 24.1. The van der Waals surface area contributed by atoms with Crippen molar-refractivity contribution < 1.29 is 31.9 Å². The minimum Gasteiger partial charge on any atom is -0.493 e. The number of rotatable bonds is 13. The fourth-order valence-electron chi connectivity index (χ4n) is 4.07. The molecule has 42 heavy (non-hydrogen) atoms. The summed E-state index contributed by atoms with van der Waals surface area (Å²) < 4.78 is 54.1. The summed E-state index contributed by atoms with van der Waals surface area (Å²) in [6.45, 7) is 4.78. The number of carbonyl (C=O) groups is 2. The number of nitrogens with one attached hydrogen (secondary N) is 1. The highest BCUT2D eigenvalue weighted by Gasteiger charge is 2.33. The van der Waals surface area contributed by atoms with Crippen LogP contribution in [0.2, 0.25) is 0 Å². The lowest BCUT2D eigenvalue weighted by Gasteiger charge is -2.32. The Bertz CT molecular complexity index is 1490. The molecule has 3 rings (SSSR count). The van der Waals surface area contributed by atoms with Gasteiger partial charge in [0.2, 0.25) is 11.8 Å². The molecule has 0 saturated heterocycles. The average Bonchev–Trinajstić information content (AvgIpc) is 2.98. The molecule has 3 aromatic rings. The van der Waals surface area contributed by atoms with Gasteiger partial charge in [-0.3, -0.25) is 13.9 Å². The minimum atomic E-state index is -4.38. The Morgan fingerprint density at radius 1 is 0.952 bits per heavy atom. The highest BCUT2D eigenvalue weighted by atomic mass is 79.9. The molecule has 0 spiro atoms. The van der Waals surface area contributed by atoms with Gasteiger partial charge in [-0.1, -0.05) is 35.0 Å². The van der Waals surface area contributed by atoms with Crippen LogP contribution in [0.1, 0.15) is 32.8 Å². The molecule has 0 aliphatic heterocycles. The van der Waals surface area contributed by atoms with Crippen LogP contribution in [0.25, 0.3) is 0 Å². The van der Waals surface area contributed by atoms with Crippen LogP contribution < -0.4 is 19.1 Å². The molecule has 3 aromatic carbocycles. The largest absolute Gasteiger partial charge is 0.493 e. The predicted molar refractivity (Wildman–Crippen MR) is 163 cm³/mol. The van der Waals surface area contributed by atoms with E-state index >= 15 is 0 Å². The summed E-state index contributed by atoms with van der Waals surface area (Å²) in [6, 6.07) is 15.0. The van der Waals surface area contributed by atoms with Gasteiger partial charge >= 0.3 is 0 Å². The van der Waals surface area contributed by atoms with Crippen LogP contribution >= 0.6 is 15.9 Å². The summed E-state index contributed by atoms with van der Waals surface area (Å²) in [5.74, 6) is -1.07. The molecule has 2 atom stereocenters. The van der Waals surface area contributed by atoms with Gasteiger partial charge in [-0.25, -0.2) is 12.8 Å². The fraction of sp³-hybridized carbons (Fsp3) is 0.333. The second kappa shape index (κ2) is 14.5.